The average molecular weight is 398 g/mol. The smallest absolute Gasteiger partial charge is 0.336 e. The predicted octanol–water partition coefficient (Wildman–Crippen LogP) is 5.22. The summed E-state index contributed by atoms with van der Waals surface area (Å²) < 4.78 is 0.394. The van der Waals surface area contributed by atoms with Crippen molar-refractivity contribution in [1.82, 2.24) is 0 Å². The van der Waals surface area contributed by atoms with Crippen molar-refractivity contribution in [3.05, 3.63) is 69.6 Å². The Bertz CT molecular complexity index is 962. The van der Waals surface area contributed by atoms with Gasteiger partial charge >= 0.3 is 5.97 Å². The van der Waals surface area contributed by atoms with Gasteiger partial charge in [-0.15, -0.1) is 0 Å². The molecular formula is C21H19NO3S2. The first kappa shape index (κ1) is 19.3. The molecule has 0 atom stereocenters. The maximum absolute atomic E-state index is 12.9. The number of hydrogen-bond acceptors (Lipinski definition) is 4. The minimum Gasteiger partial charge on any atom is -0.478 e. The van der Waals surface area contributed by atoms with Gasteiger partial charge in [0.05, 0.1) is 16.2 Å². The van der Waals surface area contributed by atoms with Crippen molar-refractivity contribution >= 4 is 51.9 Å². The van der Waals surface area contributed by atoms with Crippen LogP contribution in [0.5, 0.6) is 0 Å². The summed E-state index contributed by atoms with van der Waals surface area (Å²) in [5, 5.41) is 9.32. The number of thioether (sulfide) groups is 1. The molecule has 0 bridgehead atoms. The van der Waals surface area contributed by atoms with Crippen LogP contribution < -0.4 is 4.90 Å². The first-order valence-corrected chi connectivity index (χ1v) is 9.72. The van der Waals surface area contributed by atoms with Crippen LogP contribution in [-0.4, -0.2) is 21.3 Å². The van der Waals surface area contributed by atoms with Gasteiger partial charge in [0, 0.05) is 0 Å². The Kier molecular flexibility index (Phi) is 5.48. The van der Waals surface area contributed by atoms with Crippen LogP contribution in [0.25, 0.3) is 6.08 Å². The van der Waals surface area contributed by atoms with E-state index in [1.54, 1.807) is 19.1 Å². The van der Waals surface area contributed by atoms with Gasteiger partial charge in [0.1, 0.15) is 0 Å². The second-order valence-corrected chi connectivity index (χ2v) is 8.32. The van der Waals surface area contributed by atoms with Gasteiger partial charge in [0.2, 0.25) is 0 Å². The molecule has 0 spiro atoms. The number of thiocarbonyl (C=S) groups is 1. The van der Waals surface area contributed by atoms with Crippen LogP contribution >= 0.6 is 24.0 Å². The molecule has 1 heterocycles. The van der Waals surface area contributed by atoms with E-state index in [0.29, 0.717) is 26.4 Å². The molecule has 0 aliphatic carbocycles. The minimum atomic E-state index is -1.03. The summed E-state index contributed by atoms with van der Waals surface area (Å²) >= 11 is 6.59. The second kappa shape index (κ2) is 7.66. The SMILES string of the molecule is Cc1ccc(N2C(=O)/C(=C/c3ccc(C(C)C)cc3)SC2=S)cc1C(=O)O. The summed E-state index contributed by atoms with van der Waals surface area (Å²) in [4.78, 5) is 26.2. The van der Waals surface area contributed by atoms with E-state index in [1.807, 2.05) is 18.2 Å². The van der Waals surface area contributed by atoms with Crippen molar-refractivity contribution in [2.24, 2.45) is 0 Å². The van der Waals surface area contributed by atoms with Crippen LogP contribution in [0.1, 0.15) is 46.8 Å². The molecule has 27 heavy (non-hydrogen) atoms. The molecular weight excluding hydrogens is 378 g/mol. The van der Waals surface area contributed by atoms with Crippen molar-refractivity contribution in [3.63, 3.8) is 0 Å². The lowest BCUT2D eigenvalue weighted by atomic mass is 10.0. The first-order chi connectivity index (χ1) is 12.8. The lowest BCUT2D eigenvalue weighted by Crippen LogP contribution is -2.27. The fraction of sp³-hybridized carbons (Fsp3) is 0.190. The van der Waals surface area contributed by atoms with Crippen LogP contribution in [0, 0.1) is 6.92 Å². The minimum absolute atomic E-state index is 0.162. The summed E-state index contributed by atoms with van der Waals surface area (Å²) in [6, 6.07) is 13.0. The van der Waals surface area contributed by atoms with Gasteiger partial charge < -0.3 is 5.11 Å². The fourth-order valence-electron chi connectivity index (χ4n) is 2.80. The number of aryl methyl sites for hydroxylation is 1. The van der Waals surface area contributed by atoms with Gasteiger partial charge in [0.15, 0.2) is 4.32 Å². The first-order valence-electron chi connectivity index (χ1n) is 8.50. The lowest BCUT2D eigenvalue weighted by Gasteiger charge is -2.15. The Balaban J connectivity index is 1.91. The van der Waals surface area contributed by atoms with Crippen LogP contribution in [0.15, 0.2) is 47.4 Å². The number of hydrogen-bond donors (Lipinski definition) is 1. The van der Waals surface area contributed by atoms with Crippen LogP contribution in [0.3, 0.4) is 0 Å². The van der Waals surface area contributed by atoms with E-state index < -0.39 is 5.97 Å². The molecule has 3 rings (SSSR count). The van der Waals surface area contributed by atoms with Gasteiger partial charge in [-0.2, -0.15) is 0 Å². The number of nitrogens with zero attached hydrogens (tertiary/aromatic N) is 1. The summed E-state index contributed by atoms with van der Waals surface area (Å²) in [7, 11) is 0. The Morgan fingerprint density at radius 3 is 2.44 bits per heavy atom. The topological polar surface area (TPSA) is 57.6 Å². The summed E-state index contributed by atoms with van der Waals surface area (Å²) in [5.74, 6) is -0.819. The molecule has 0 radical (unpaired) electrons. The Labute approximate surface area is 167 Å². The number of anilines is 1. The number of rotatable bonds is 4. The Morgan fingerprint density at radius 2 is 1.85 bits per heavy atom. The highest BCUT2D eigenvalue weighted by atomic mass is 32.2. The Hall–Kier alpha value is -2.44. The fourth-order valence-corrected chi connectivity index (χ4v) is 4.10. The van der Waals surface area contributed by atoms with Crippen molar-refractivity contribution in [3.8, 4) is 0 Å². The molecule has 1 aliphatic heterocycles. The predicted molar refractivity (Wildman–Crippen MR) is 114 cm³/mol. The lowest BCUT2D eigenvalue weighted by molar-refractivity contribution is -0.113. The highest BCUT2D eigenvalue weighted by Gasteiger charge is 2.33. The van der Waals surface area contributed by atoms with Gasteiger partial charge in [-0.1, -0.05) is 68.2 Å². The van der Waals surface area contributed by atoms with Crippen molar-refractivity contribution in [1.29, 1.82) is 0 Å². The monoisotopic (exact) mass is 397 g/mol. The van der Waals surface area contributed by atoms with Gasteiger partial charge in [-0.25, -0.2) is 4.79 Å². The number of carboxylic acid groups (broad SMARTS) is 1. The summed E-state index contributed by atoms with van der Waals surface area (Å²) in [6.45, 7) is 5.98. The summed E-state index contributed by atoms with van der Waals surface area (Å²) in [6.07, 6.45) is 1.82. The number of benzene rings is 2. The highest BCUT2D eigenvalue weighted by molar-refractivity contribution is 8.27. The molecule has 1 aliphatic rings. The molecule has 1 saturated heterocycles. The largest absolute Gasteiger partial charge is 0.478 e. The molecule has 1 N–H and O–H groups in total. The molecule has 138 valence electrons. The van der Waals surface area contributed by atoms with Crippen LogP contribution in [0.4, 0.5) is 5.69 Å². The highest BCUT2D eigenvalue weighted by Crippen LogP contribution is 2.36. The Morgan fingerprint density at radius 1 is 1.19 bits per heavy atom. The number of amides is 1. The molecule has 0 saturated carbocycles. The van der Waals surface area contributed by atoms with Crippen LogP contribution in [0.2, 0.25) is 0 Å². The van der Waals surface area contributed by atoms with Crippen molar-refractivity contribution in [2.45, 2.75) is 26.7 Å². The molecule has 6 heteroatoms. The third-order valence-corrected chi connectivity index (χ3v) is 5.71. The molecule has 2 aromatic carbocycles. The average Bonchev–Trinajstić information content (AvgIpc) is 2.89. The molecule has 0 aromatic heterocycles. The van der Waals surface area contributed by atoms with E-state index in [-0.39, 0.29) is 11.5 Å². The standard InChI is InChI=1S/C21H19NO3S2/c1-12(2)15-7-5-14(6-8-15)10-18-19(23)22(21(26)27-18)16-9-4-13(3)17(11-16)20(24)25/h4-12H,1-3H3,(H,24,25)/b18-10-. The van der Waals surface area contributed by atoms with Gasteiger partial charge in [0.25, 0.3) is 5.91 Å². The van der Waals surface area contributed by atoms with E-state index >= 15 is 0 Å². The maximum atomic E-state index is 12.9. The van der Waals surface area contributed by atoms with E-state index in [1.165, 1.54) is 28.3 Å². The number of carboxylic acids is 1. The quantitative estimate of drug-likeness (QED) is 0.566. The summed E-state index contributed by atoms with van der Waals surface area (Å²) in [5.41, 5.74) is 3.43. The van der Waals surface area contributed by atoms with Gasteiger partial charge in [-0.3, -0.25) is 9.69 Å². The van der Waals surface area contributed by atoms with E-state index in [0.717, 1.165) is 5.56 Å². The number of aromatic carboxylic acids is 1. The molecule has 0 unspecified atom stereocenters. The van der Waals surface area contributed by atoms with Crippen molar-refractivity contribution < 1.29 is 14.7 Å². The molecule has 1 fully saturated rings. The van der Waals surface area contributed by atoms with Crippen LogP contribution in [-0.2, 0) is 4.79 Å². The normalized spacial score (nSPS) is 15.9. The van der Waals surface area contributed by atoms with E-state index in [2.05, 4.69) is 26.0 Å². The van der Waals surface area contributed by atoms with Gasteiger partial charge in [-0.05, 0) is 47.7 Å². The maximum Gasteiger partial charge on any atom is 0.336 e. The van der Waals surface area contributed by atoms with Crippen molar-refractivity contribution in [2.75, 3.05) is 4.90 Å². The molecule has 2 aromatic rings. The zero-order valence-electron chi connectivity index (χ0n) is 15.2. The zero-order valence-corrected chi connectivity index (χ0v) is 16.9. The zero-order chi connectivity index (χ0) is 19.7. The van der Waals surface area contributed by atoms with E-state index in [9.17, 15) is 14.7 Å². The molecule has 4 nitrogen and oxygen atoms in total. The molecule has 1 amide bonds. The third-order valence-electron chi connectivity index (χ3n) is 4.40. The number of carbonyl (C=O) groups is 2. The second-order valence-electron chi connectivity index (χ2n) is 6.64. The third kappa shape index (κ3) is 3.96. The van der Waals surface area contributed by atoms with E-state index in [4.69, 9.17) is 12.2 Å². The number of carbonyl (C=O) groups excluding carboxylic acids is 1.